The molecule has 0 aliphatic rings. The number of hydrogen-bond donors (Lipinski definition) is 0. The smallest absolute Gasteiger partial charge is 0.121 e. The molecule has 0 aliphatic heterocycles. The van der Waals surface area contributed by atoms with Gasteiger partial charge in [0, 0.05) is 7.11 Å². The molecule has 0 N–H and O–H groups in total. The van der Waals surface area contributed by atoms with E-state index in [1.807, 2.05) is 0 Å². The maximum atomic E-state index is 11.6. The first-order chi connectivity index (χ1) is 2.77. The van der Waals surface area contributed by atoms with E-state index in [-0.39, 0.29) is 6.61 Å². The fourth-order valence-corrected chi connectivity index (χ4v) is 0.230. The molecule has 1 atom stereocenters. The quantitative estimate of drug-likeness (QED) is 0.493. The topological polar surface area (TPSA) is 9.23 Å². The van der Waals surface area contributed by atoms with Gasteiger partial charge in [-0.05, 0) is 6.92 Å². The maximum Gasteiger partial charge on any atom is 0.121 e. The van der Waals surface area contributed by atoms with E-state index < -0.39 is 6.17 Å². The second-order valence-electron chi connectivity index (χ2n) is 1.24. The van der Waals surface area contributed by atoms with Crippen LogP contribution in [0.15, 0.2) is 0 Å². The number of alkyl halides is 1. The van der Waals surface area contributed by atoms with E-state index >= 15 is 0 Å². The van der Waals surface area contributed by atoms with Gasteiger partial charge in [0.1, 0.15) is 6.17 Å². The Morgan fingerprint density at radius 3 is 2.33 bits per heavy atom. The van der Waals surface area contributed by atoms with Gasteiger partial charge in [0.05, 0.1) is 6.61 Å². The predicted molar refractivity (Wildman–Crippen MR) is 22.4 cm³/mol. The predicted octanol–water partition coefficient (Wildman–Crippen LogP) is 0.991. The van der Waals surface area contributed by atoms with E-state index in [0.717, 1.165) is 0 Å². The number of halogens is 1. The average Bonchev–Trinajstić information content (AvgIpc) is 1.35. The van der Waals surface area contributed by atoms with Gasteiger partial charge in [-0.3, -0.25) is 0 Å². The van der Waals surface area contributed by atoms with E-state index in [9.17, 15) is 4.39 Å². The summed E-state index contributed by atoms with van der Waals surface area (Å²) in [5.74, 6) is 0. The van der Waals surface area contributed by atoms with Crippen LogP contribution in [0.5, 0.6) is 0 Å². The molecule has 0 heterocycles. The zero-order valence-corrected chi connectivity index (χ0v) is 4.07. The van der Waals surface area contributed by atoms with Crippen LogP contribution in [0.4, 0.5) is 4.39 Å². The lowest BCUT2D eigenvalue weighted by Crippen LogP contribution is -2.01. The Kier molecular flexibility index (Phi) is 3.04. The Hall–Kier alpha value is -0.110. The normalized spacial score (nSPS) is 14.5. The van der Waals surface area contributed by atoms with Gasteiger partial charge in [0.25, 0.3) is 0 Å². The van der Waals surface area contributed by atoms with Crippen molar-refractivity contribution < 1.29 is 9.13 Å². The summed E-state index contributed by atoms with van der Waals surface area (Å²) in [7, 11) is 1.48. The second kappa shape index (κ2) is 3.09. The van der Waals surface area contributed by atoms with Crippen molar-refractivity contribution in [1.82, 2.24) is 0 Å². The van der Waals surface area contributed by atoms with Crippen molar-refractivity contribution in [2.45, 2.75) is 13.1 Å². The minimum absolute atomic E-state index is 0.208. The van der Waals surface area contributed by atoms with Gasteiger partial charge < -0.3 is 4.74 Å². The fourth-order valence-electron chi connectivity index (χ4n) is 0.230. The van der Waals surface area contributed by atoms with Crippen LogP contribution in [0.1, 0.15) is 6.92 Å². The summed E-state index contributed by atoms with van der Waals surface area (Å²) in [5.41, 5.74) is 0. The SMILES string of the molecule is COC[C@@H](C)F. The molecule has 0 aromatic carbocycles. The van der Waals surface area contributed by atoms with Crippen LogP contribution in [0.3, 0.4) is 0 Å². The average molecular weight is 92.1 g/mol. The molecule has 0 fully saturated rings. The molecular weight excluding hydrogens is 83.0 g/mol. The van der Waals surface area contributed by atoms with Crippen molar-refractivity contribution in [3.8, 4) is 0 Å². The van der Waals surface area contributed by atoms with Gasteiger partial charge in [0.15, 0.2) is 0 Å². The van der Waals surface area contributed by atoms with Crippen molar-refractivity contribution in [3.05, 3.63) is 0 Å². The molecule has 6 heavy (non-hydrogen) atoms. The molecule has 0 radical (unpaired) electrons. The number of ether oxygens (including phenoxy) is 1. The molecule has 0 aliphatic carbocycles. The third kappa shape index (κ3) is 3.89. The number of hydrogen-bond acceptors (Lipinski definition) is 1. The van der Waals surface area contributed by atoms with E-state index in [2.05, 4.69) is 4.74 Å². The van der Waals surface area contributed by atoms with Crippen molar-refractivity contribution in [3.63, 3.8) is 0 Å². The van der Waals surface area contributed by atoms with E-state index in [1.165, 1.54) is 14.0 Å². The van der Waals surface area contributed by atoms with Crippen LogP contribution < -0.4 is 0 Å². The maximum absolute atomic E-state index is 11.6. The summed E-state index contributed by atoms with van der Waals surface area (Å²) in [6.45, 7) is 1.67. The van der Waals surface area contributed by atoms with Crippen LogP contribution >= 0.6 is 0 Å². The molecule has 0 rings (SSSR count). The molecule has 0 amide bonds. The Balaban J connectivity index is 2.63. The zero-order valence-electron chi connectivity index (χ0n) is 4.07. The highest BCUT2D eigenvalue weighted by Crippen LogP contribution is 1.84. The molecule has 38 valence electrons. The van der Waals surface area contributed by atoms with Gasteiger partial charge in [0.2, 0.25) is 0 Å². The Morgan fingerprint density at radius 1 is 1.83 bits per heavy atom. The zero-order chi connectivity index (χ0) is 4.99. The number of rotatable bonds is 2. The van der Waals surface area contributed by atoms with Crippen LogP contribution in [0.2, 0.25) is 0 Å². The van der Waals surface area contributed by atoms with Crippen molar-refractivity contribution in [2.24, 2.45) is 0 Å². The summed E-state index contributed by atoms with van der Waals surface area (Å²) in [6.07, 6.45) is -0.824. The summed E-state index contributed by atoms with van der Waals surface area (Å²) >= 11 is 0. The molecule has 2 heteroatoms. The molecular formula is C4H9FO. The molecule has 0 aromatic rings. The summed E-state index contributed by atoms with van der Waals surface area (Å²) < 4.78 is 16.0. The Labute approximate surface area is 37.1 Å². The largest absolute Gasteiger partial charge is 0.382 e. The molecule has 0 bridgehead atoms. The minimum atomic E-state index is -0.824. The lowest BCUT2D eigenvalue weighted by molar-refractivity contribution is 0.133. The Bertz CT molecular complexity index is 28.7. The van der Waals surface area contributed by atoms with Crippen LogP contribution in [-0.2, 0) is 4.74 Å². The first kappa shape index (κ1) is 5.89. The second-order valence-corrected chi connectivity index (χ2v) is 1.24. The van der Waals surface area contributed by atoms with Crippen LogP contribution in [0.25, 0.3) is 0 Å². The van der Waals surface area contributed by atoms with Gasteiger partial charge in [-0.15, -0.1) is 0 Å². The standard InChI is InChI=1S/C4H9FO/c1-4(5)3-6-2/h4H,3H2,1-2H3/t4-/m1/s1. The first-order valence-corrected chi connectivity index (χ1v) is 1.90. The summed E-state index contributed by atoms with van der Waals surface area (Å²) in [6, 6.07) is 0. The van der Waals surface area contributed by atoms with E-state index in [0.29, 0.717) is 0 Å². The molecule has 0 unspecified atom stereocenters. The monoisotopic (exact) mass is 92.1 g/mol. The van der Waals surface area contributed by atoms with E-state index in [1.54, 1.807) is 0 Å². The molecule has 1 nitrogen and oxygen atoms in total. The summed E-state index contributed by atoms with van der Waals surface area (Å²) in [4.78, 5) is 0. The van der Waals surface area contributed by atoms with Gasteiger partial charge >= 0.3 is 0 Å². The highest BCUT2D eigenvalue weighted by molar-refractivity contribution is 4.38. The van der Waals surface area contributed by atoms with Gasteiger partial charge in [-0.2, -0.15) is 0 Å². The first-order valence-electron chi connectivity index (χ1n) is 1.90. The van der Waals surface area contributed by atoms with Gasteiger partial charge in [-0.25, -0.2) is 4.39 Å². The minimum Gasteiger partial charge on any atom is -0.382 e. The van der Waals surface area contributed by atoms with E-state index in [4.69, 9.17) is 0 Å². The fraction of sp³-hybridized carbons (Fsp3) is 1.00. The van der Waals surface area contributed by atoms with Crippen LogP contribution in [-0.4, -0.2) is 19.9 Å². The lowest BCUT2D eigenvalue weighted by atomic mass is 10.5. The Morgan fingerprint density at radius 2 is 2.33 bits per heavy atom. The molecule has 0 saturated heterocycles. The van der Waals surface area contributed by atoms with Crippen LogP contribution in [0, 0.1) is 0 Å². The van der Waals surface area contributed by atoms with Crippen molar-refractivity contribution in [2.75, 3.05) is 13.7 Å². The number of methoxy groups -OCH3 is 1. The third-order valence-corrected chi connectivity index (χ3v) is 0.396. The van der Waals surface area contributed by atoms with Gasteiger partial charge in [-0.1, -0.05) is 0 Å². The molecule has 0 aromatic heterocycles. The third-order valence-electron chi connectivity index (χ3n) is 0.396. The molecule has 0 spiro atoms. The van der Waals surface area contributed by atoms with Crippen molar-refractivity contribution in [1.29, 1.82) is 0 Å². The van der Waals surface area contributed by atoms with Crippen molar-refractivity contribution >= 4 is 0 Å². The molecule has 0 saturated carbocycles. The summed E-state index contributed by atoms with van der Waals surface area (Å²) in [5, 5.41) is 0. The highest BCUT2D eigenvalue weighted by Gasteiger charge is 1.90. The lowest BCUT2D eigenvalue weighted by Gasteiger charge is -1.94. The highest BCUT2D eigenvalue weighted by atomic mass is 19.1.